The van der Waals surface area contributed by atoms with E-state index in [0.29, 0.717) is 65.1 Å². The highest BCUT2D eigenvalue weighted by Gasteiger charge is 2.60. The molecule has 1 unspecified atom stereocenters. The molecule has 14 heteroatoms. The van der Waals surface area contributed by atoms with E-state index in [4.69, 9.17) is 40.8 Å². The summed E-state index contributed by atoms with van der Waals surface area (Å²) in [7, 11) is 1.48. The lowest BCUT2D eigenvalue weighted by molar-refractivity contribution is -0.0488. The van der Waals surface area contributed by atoms with Gasteiger partial charge in [0, 0.05) is 35.0 Å². The van der Waals surface area contributed by atoms with Crippen molar-refractivity contribution in [2.45, 2.75) is 89.3 Å². The number of nitrogens with zero attached hydrogens (tertiary/aromatic N) is 7. The lowest BCUT2D eigenvalue weighted by Crippen LogP contribution is -2.58. The average molecular weight is 745 g/mol. The van der Waals surface area contributed by atoms with Gasteiger partial charge >= 0.3 is 6.01 Å². The number of rotatable bonds is 7. The van der Waals surface area contributed by atoms with Crippen LogP contribution in [-0.2, 0) is 4.74 Å². The Labute approximate surface area is 313 Å². The van der Waals surface area contributed by atoms with Crippen molar-refractivity contribution in [1.82, 2.24) is 30.0 Å². The zero-order valence-electron chi connectivity index (χ0n) is 30.6. The van der Waals surface area contributed by atoms with Crippen LogP contribution in [0.25, 0.3) is 33.1 Å². The van der Waals surface area contributed by atoms with E-state index < -0.39 is 11.4 Å². The second-order valence-corrected chi connectivity index (χ2v) is 16.8. The third kappa shape index (κ3) is 5.54. The quantitative estimate of drug-likeness (QED) is 0.218. The number of likely N-dealkylation sites (tertiary alicyclic amines) is 1. The van der Waals surface area contributed by atoms with E-state index in [1.807, 2.05) is 17.9 Å². The van der Waals surface area contributed by atoms with E-state index in [0.717, 1.165) is 69.9 Å². The molecule has 2 aliphatic heterocycles. The molecule has 280 valence electrons. The predicted molar refractivity (Wildman–Crippen MR) is 198 cm³/mol. The van der Waals surface area contributed by atoms with Crippen LogP contribution in [0.2, 0.25) is 5.02 Å². The van der Waals surface area contributed by atoms with Crippen molar-refractivity contribution < 1.29 is 23.7 Å². The van der Waals surface area contributed by atoms with Crippen LogP contribution in [0.1, 0.15) is 70.3 Å². The van der Waals surface area contributed by atoms with Gasteiger partial charge in [0.1, 0.15) is 28.0 Å². The first-order valence-corrected chi connectivity index (χ1v) is 19.4. The fourth-order valence-corrected chi connectivity index (χ4v) is 10.8. The van der Waals surface area contributed by atoms with Crippen LogP contribution in [0.3, 0.4) is 0 Å². The first-order chi connectivity index (χ1) is 25.6. The summed E-state index contributed by atoms with van der Waals surface area (Å²) in [4.78, 5) is 19.1. The average Bonchev–Trinajstić information content (AvgIpc) is 3.81. The van der Waals surface area contributed by atoms with Gasteiger partial charge in [-0.2, -0.15) is 20.3 Å². The van der Waals surface area contributed by atoms with Gasteiger partial charge in [-0.05, 0) is 89.3 Å². The van der Waals surface area contributed by atoms with Gasteiger partial charge in [-0.15, -0.1) is 0 Å². The van der Waals surface area contributed by atoms with Gasteiger partial charge in [0.25, 0.3) is 0 Å². The molecule has 0 amide bonds. The van der Waals surface area contributed by atoms with Gasteiger partial charge in [-0.3, -0.25) is 10.00 Å². The number of ether oxygens (including phenoxy) is 3. The Morgan fingerprint density at radius 2 is 1.98 bits per heavy atom. The van der Waals surface area contributed by atoms with Crippen molar-refractivity contribution in [1.29, 1.82) is 5.26 Å². The second kappa shape index (κ2) is 12.9. The number of H-pyrrole nitrogens is 1. The summed E-state index contributed by atoms with van der Waals surface area (Å²) in [6.45, 7) is 6.06. The molecule has 2 N–H and O–H groups in total. The highest BCUT2D eigenvalue weighted by Crippen LogP contribution is 2.60. The van der Waals surface area contributed by atoms with Crippen molar-refractivity contribution in [2.24, 2.45) is 16.7 Å². The molecule has 5 aliphatic rings. The standard InChI is InChI=1S/C39H46ClFN8O4/c1-22-16-25-23(17-43-47-25)28(30(22)40)32-31(41)33-29(35(44-32)51-3)34(48-14-15-52-20-37(2,50)19-48)46-36(45-33)53-21-39-9-4-6-27(39)49(13-5-10-39)26-8-12-38(18-42)11-7-24(26)38/h16-17,24,26-27,50H,4-15,19-21H2,1-3H3,(H,43,47)/t24-,26?,27-,37+,38+,39-/m1/s1. The summed E-state index contributed by atoms with van der Waals surface area (Å²) in [5, 5.41) is 29.6. The van der Waals surface area contributed by atoms with Crippen LogP contribution in [0.5, 0.6) is 11.9 Å². The molecule has 3 aliphatic carbocycles. The first-order valence-electron chi connectivity index (χ1n) is 19.0. The number of hydrogen-bond donors (Lipinski definition) is 2. The summed E-state index contributed by atoms with van der Waals surface area (Å²) in [5.41, 5.74) is 0.357. The van der Waals surface area contributed by atoms with Gasteiger partial charge in [0.15, 0.2) is 5.82 Å². The number of β-amino-alcohol motifs (C(OH)–C–C–N with tert-alkyl or cyclic N) is 1. The molecule has 5 heterocycles. The Bertz CT molecular complexity index is 2140. The predicted octanol–water partition coefficient (Wildman–Crippen LogP) is 6.36. The van der Waals surface area contributed by atoms with Crippen LogP contribution in [0.4, 0.5) is 10.2 Å². The number of aromatic amines is 1. The molecule has 0 bridgehead atoms. The molecule has 5 fully saturated rings. The highest BCUT2D eigenvalue weighted by molar-refractivity contribution is 6.35. The number of aliphatic hydroxyl groups is 1. The summed E-state index contributed by atoms with van der Waals surface area (Å²) in [6.07, 6.45) is 11.2. The minimum Gasteiger partial charge on any atom is -0.480 e. The lowest BCUT2D eigenvalue weighted by Gasteiger charge is -2.52. The third-order valence-electron chi connectivity index (χ3n) is 13.2. The number of methoxy groups -OCH3 is 1. The number of anilines is 1. The van der Waals surface area contributed by atoms with E-state index in [2.05, 4.69) is 21.2 Å². The number of fused-ring (bicyclic) bond motifs is 4. The molecule has 9 rings (SSSR count). The number of benzene rings is 1. The number of pyridine rings is 1. The van der Waals surface area contributed by atoms with E-state index in [-0.39, 0.29) is 52.5 Å². The van der Waals surface area contributed by atoms with Gasteiger partial charge in [-0.25, -0.2) is 9.37 Å². The zero-order valence-corrected chi connectivity index (χ0v) is 31.3. The molecular formula is C39H46ClFN8O4. The molecule has 3 saturated carbocycles. The molecule has 53 heavy (non-hydrogen) atoms. The lowest BCUT2D eigenvalue weighted by atomic mass is 9.61. The molecule has 4 aromatic rings. The van der Waals surface area contributed by atoms with Crippen molar-refractivity contribution in [3.8, 4) is 29.2 Å². The maximum Gasteiger partial charge on any atom is 0.319 e. The molecule has 0 spiro atoms. The van der Waals surface area contributed by atoms with Gasteiger partial charge in [0.05, 0.1) is 61.7 Å². The maximum absolute atomic E-state index is 17.3. The summed E-state index contributed by atoms with van der Waals surface area (Å²) in [6, 6.07) is 5.42. The van der Waals surface area contributed by atoms with Crippen LogP contribution < -0.4 is 14.4 Å². The number of nitrogens with one attached hydrogen (secondary N) is 1. The van der Waals surface area contributed by atoms with Crippen LogP contribution in [0, 0.1) is 40.8 Å². The highest BCUT2D eigenvalue weighted by atomic mass is 35.5. The topological polar surface area (TPSA) is 146 Å². The fourth-order valence-electron chi connectivity index (χ4n) is 10.6. The normalized spacial score (nSPS) is 31.6. The van der Waals surface area contributed by atoms with Crippen molar-refractivity contribution in [2.75, 3.05) is 51.5 Å². The summed E-state index contributed by atoms with van der Waals surface area (Å²) >= 11 is 6.88. The molecule has 12 nitrogen and oxygen atoms in total. The molecule has 3 aromatic heterocycles. The Balaban J connectivity index is 1.14. The van der Waals surface area contributed by atoms with Crippen molar-refractivity contribution in [3.63, 3.8) is 0 Å². The number of aromatic nitrogens is 5. The summed E-state index contributed by atoms with van der Waals surface area (Å²) < 4.78 is 35.5. The van der Waals surface area contributed by atoms with E-state index in [9.17, 15) is 10.4 Å². The van der Waals surface area contributed by atoms with Crippen LogP contribution in [-0.4, -0.2) is 99.4 Å². The largest absolute Gasteiger partial charge is 0.480 e. The van der Waals surface area contributed by atoms with Crippen molar-refractivity contribution in [3.05, 3.63) is 28.7 Å². The Morgan fingerprint density at radius 1 is 1.15 bits per heavy atom. The minimum absolute atomic E-state index is 0.0135. The number of aryl methyl sites for hydroxylation is 1. The molecule has 2 saturated heterocycles. The monoisotopic (exact) mass is 744 g/mol. The molecule has 1 aromatic carbocycles. The summed E-state index contributed by atoms with van der Waals surface area (Å²) in [5.74, 6) is 0.238. The van der Waals surface area contributed by atoms with Crippen LogP contribution in [0.15, 0.2) is 12.3 Å². The van der Waals surface area contributed by atoms with E-state index in [1.54, 1.807) is 13.1 Å². The van der Waals surface area contributed by atoms with E-state index >= 15 is 4.39 Å². The Morgan fingerprint density at radius 3 is 2.75 bits per heavy atom. The Kier molecular flexibility index (Phi) is 8.49. The smallest absolute Gasteiger partial charge is 0.319 e. The molecule has 0 radical (unpaired) electrons. The number of hydrogen-bond acceptors (Lipinski definition) is 11. The Hall–Kier alpha value is -3.83. The van der Waals surface area contributed by atoms with Crippen LogP contribution >= 0.6 is 11.6 Å². The number of halogens is 2. The number of nitriles is 1. The zero-order chi connectivity index (χ0) is 36.7. The molecular weight excluding hydrogens is 699 g/mol. The minimum atomic E-state index is -1.19. The van der Waals surface area contributed by atoms with Crippen molar-refractivity contribution >= 4 is 39.2 Å². The maximum atomic E-state index is 17.3. The molecule has 6 atom stereocenters. The number of piperidine rings is 1. The fraction of sp³-hybridized carbons (Fsp3) is 0.615. The van der Waals surface area contributed by atoms with Gasteiger partial charge in [0.2, 0.25) is 5.88 Å². The second-order valence-electron chi connectivity index (χ2n) is 16.4. The van der Waals surface area contributed by atoms with E-state index in [1.165, 1.54) is 7.11 Å². The van der Waals surface area contributed by atoms with Gasteiger partial charge < -0.3 is 24.2 Å². The third-order valence-corrected chi connectivity index (χ3v) is 13.7. The SMILES string of the molecule is COc1nc(-c2c(Cl)c(C)cc3[nH]ncc23)c(F)c2nc(OC[C@]34CCC[C@H]3N(C3CC[C@]5(C#N)CC[C@H]35)CCC4)nc(N3CCOC[C@@](C)(O)C3)c12. The first kappa shape index (κ1) is 34.9. The van der Waals surface area contributed by atoms with Gasteiger partial charge in [-0.1, -0.05) is 18.0 Å².